The quantitative estimate of drug-likeness (QED) is 0.668. The van der Waals surface area contributed by atoms with Crippen LogP contribution in [0.2, 0.25) is 0 Å². The third-order valence-electron chi connectivity index (χ3n) is 1.75. The first-order chi connectivity index (χ1) is 7.34. The van der Waals surface area contributed by atoms with Crippen molar-refractivity contribution in [2.45, 2.75) is 0 Å². The fourth-order valence-corrected chi connectivity index (χ4v) is 2.38. The number of rotatable bonds is 3. The van der Waals surface area contributed by atoms with Crippen LogP contribution >= 0.6 is 27.3 Å². The van der Waals surface area contributed by atoms with Crippen molar-refractivity contribution in [3.05, 3.63) is 51.1 Å². The Balaban J connectivity index is 1.96. The van der Waals surface area contributed by atoms with E-state index in [1.54, 1.807) is 11.3 Å². The summed E-state index contributed by atoms with van der Waals surface area (Å²) >= 11 is 5.06. The summed E-state index contributed by atoms with van der Waals surface area (Å²) in [5.74, 6) is 0. The van der Waals surface area contributed by atoms with E-state index in [2.05, 4.69) is 26.5 Å². The number of para-hydroxylation sites is 1. The molecule has 0 spiro atoms. The molecular weight excluding hydrogens is 272 g/mol. The van der Waals surface area contributed by atoms with Gasteiger partial charge in [-0.25, -0.2) is 0 Å². The molecule has 0 aliphatic rings. The third-order valence-corrected chi connectivity index (χ3v) is 3.31. The van der Waals surface area contributed by atoms with Crippen LogP contribution in [0.15, 0.2) is 51.4 Å². The lowest BCUT2D eigenvalue weighted by Gasteiger charge is -1.96. The van der Waals surface area contributed by atoms with E-state index in [1.807, 2.05) is 48.7 Å². The molecule has 2 rings (SSSR count). The number of anilines is 1. The van der Waals surface area contributed by atoms with Crippen LogP contribution in [-0.2, 0) is 0 Å². The Hall–Kier alpha value is -1.13. The molecule has 1 aromatic heterocycles. The second kappa shape index (κ2) is 5.09. The molecule has 0 unspecified atom stereocenters. The van der Waals surface area contributed by atoms with Crippen molar-refractivity contribution < 1.29 is 0 Å². The van der Waals surface area contributed by atoms with Crippen LogP contribution in [0.5, 0.6) is 0 Å². The highest BCUT2D eigenvalue weighted by Crippen LogP contribution is 2.20. The Bertz CT molecular complexity index is 451. The Kier molecular flexibility index (Phi) is 3.53. The van der Waals surface area contributed by atoms with Gasteiger partial charge in [-0.1, -0.05) is 18.2 Å². The van der Waals surface area contributed by atoms with E-state index < -0.39 is 0 Å². The van der Waals surface area contributed by atoms with E-state index in [4.69, 9.17) is 0 Å². The number of hydrogen-bond acceptors (Lipinski definition) is 3. The van der Waals surface area contributed by atoms with Gasteiger partial charge >= 0.3 is 0 Å². The molecule has 4 heteroatoms. The van der Waals surface area contributed by atoms with Crippen LogP contribution in [0, 0.1) is 0 Å². The minimum absolute atomic E-state index is 0.990. The summed E-state index contributed by atoms with van der Waals surface area (Å²) in [6, 6.07) is 13.9. The maximum Gasteiger partial charge on any atom is 0.0705 e. The zero-order valence-corrected chi connectivity index (χ0v) is 10.3. The van der Waals surface area contributed by atoms with Gasteiger partial charge in [-0.3, -0.25) is 5.43 Å². The fourth-order valence-electron chi connectivity index (χ4n) is 1.08. The minimum Gasteiger partial charge on any atom is -0.278 e. The average molecular weight is 281 g/mol. The Labute approximate surface area is 101 Å². The number of nitrogens with zero attached hydrogens (tertiary/aromatic N) is 1. The van der Waals surface area contributed by atoms with E-state index in [0.717, 1.165) is 14.4 Å². The molecule has 0 fully saturated rings. The Morgan fingerprint density at radius 3 is 2.60 bits per heavy atom. The Morgan fingerprint density at radius 2 is 1.93 bits per heavy atom. The molecule has 0 atom stereocenters. The second-order valence-corrected chi connectivity index (χ2v) is 5.37. The molecule has 2 nitrogen and oxygen atoms in total. The van der Waals surface area contributed by atoms with Gasteiger partial charge in [0.1, 0.15) is 0 Å². The normalized spacial score (nSPS) is 10.7. The van der Waals surface area contributed by atoms with Gasteiger partial charge in [0.15, 0.2) is 0 Å². The lowest BCUT2D eigenvalue weighted by molar-refractivity contribution is 1.35. The predicted octanol–water partition coefficient (Wildman–Crippen LogP) is 3.96. The highest BCUT2D eigenvalue weighted by molar-refractivity contribution is 9.11. The lowest BCUT2D eigenvalue weighted by Crippen LogP contribution is -1.87. The molecule has 15 heavy (non-hydrogen) atoms. The van der Waals surface area contributed by atoms with E-state index in [9.17, 15) is 0 Å². The van der Waals surface area contributed by atoms with Crippen LogP contribution in [0.4, 0.5) is 5.69 Å². The first-order valence-electron chi connectivity index (χ1n) is 4.44. The van der Waals surface area contributed by atoms with Gasteiger partial charge in [0.2, 0.25) is 0 Å². The number of hydrazone groups is 1. The predicted molar refractivity (Wildman–Crippen MR) is 69.7 cm³/mol. The summed E-state index contributed by atoms with van der Waals surface area (Å²) in [6.07, 6.45) is 1.81. The van der Waals surface area contributed by atoms with E-state index in [1.165, 1.54) is 0 Å². The fraction of sp³-hybridized carbons (Fsp3) is 0. The van der Waals surface area contributed by atoms with Crippen molar-refractivity contribution in [2.24, 2.45) is 5.10 Å². The van der Waals surface area contributed by atoms with Crippen LogP contribution in [0.1, 0.15) is 4.88 Å². The molecule has 0 aliphatic carbocycles. The minimum atomic E-state index is 0.990. The van der Waals surface area contributed by atoms with Gasteiger partial charge < -0.3 is 0 Å². The summed E-state index contributed by atoms with van der Waals surface area (Å²) in [6.45, 7) is 0. The highest BCUT2D eigenvalue weighted by Gasteiger charge is 1.92. The molecule has 1 heterocycles. The monoisotopic (exact) mass is 280 g/mol. The van der Waals surface area contributed by atoms with Crippen molar-refractivity contribution >= 4 is 39.2 Å². The van der Waals surface area contributed by atoms with Crippen molar-refractivity contribution in [2.75, 3.05) is 5.43 Å². The van der Waals surface area contributed by atoms with Crippen molar-refractivity contribution in [1.82, 2.24) is 0 Å². The molecule has 0 saturated heterocycles. The second-order valence-electron chi connectivity index (χ2n) is 2.88. The van der Waals surface area contributed by atoms with Crippen LogP contribution < -0.4 is 5.43 Å². The van der Waals surface area contributed by atoms with Crippen LogP contribution in [0.3, 0.4) is 0 Å². The van der Waals surface area contributed by atoms with Crippen LogP contribution in [-0.4, -0.2) is 6.21 Å². The highest BCUT2D eigenvalue weighted by atomic mass is 79.9. The summed E-state index contributed by atoms with van der Waals surface area (Å²) < 4.78 is 1.11. The maximum atomic E-state index is 4.14. The topological polar surface area (TPSA) is 24.4 Å². The molecule has 2 aromatic rings. The molecule has 0 bridgehead atoms. The zero-order valence-electron chi connectivity index (χ0n) is 7.85. The largest absolute Gasteiger partial charge is 0.278 e. The van der Waals surface area contributed by atoms with Crippen molar-refractivity contribution in [3.8, 4) is 0 Å². The first kappa shape index (κ1) is 10.4. The van der Waals surface area contributed by atoms with Crippen molar-refractivity contribution in [1.29, 1.82) is 0 Å². The van der Waals surface area contributed by atoms with E-state index in [-0.39, 0.29) is 0 Å². The lowest BCUT2D eigenvalue weighted by atomic mass is 10.3. The Morgan fingerprint density at radius 1 is 1.13 bits per heavy atom. The molecule has 1 N–H and O–H groups in total. The summed E-state index contributed by atoms with van der Waals surface area (Å²) in [5.41, 5.74) is 3.95. The van der Waals surface area contributed by atoms with E-state index in [0.29, 0.717) is 0 Å². The molecule has 0 amide bonds. The van der Waals surface area contributed by atoms with Gasteiger partial charge in [0.25, 0.3) is 0 Å². The summed E-state index contributed by atoms with van der Waals surface area (Å²) in [5, 5.41) is 4.14. The molecular formula is C11H9BrN2S. The third kappa shape index (κ3) is 3.18. The van der Waals surface area contributed by atoms with Gasteiger partial charge in [-0.15, -0.1) is 11.3 Å². The number of halogens is 1. The zero-order chi connectivity index (χ0) is 10.5. The van der Waals surface area contributed by atoms with Gasteiger partial charge in [-0.05, 0) is 40.2 Å². The number of thiophene rings is 1. The number of benzene rings is 1. The molecule has 1 aromatic carbocycles. The first-order valence-corrected chi connectivity index (χ1v) is 6.05. The molecule has 76 valence electrons. The SMILES string of the molecule is Brc1ccc(C=NNc2ccccc2)s1. The average Bonchev–Trinajstić information content (AvgIpc) is 2.66. The number of nitrogens with one attached hydrogen (secondary N) is 1. The standard InChI is InChI=1S/C11H9BrN2S/c12-11-7-6-10(15-11)8-13-14-9-4-2-1-3-5-9/h1-8,14H. The summed E-state index contributed by atoms with van der Waals surface area (Å²) in [4.78, 5) is 1.12. The number of hydrogen-bond donors (Lipinski definition) is 1. The van der Waals surface area contributed by atoms with Gasteiger partial charge in [0, 0.05) is 4.88 Å². The van der Waals surface area contributed by atoms with Gasteiger partial charge in [-0.2, -0.15) is 5.10 Å². The van der Waals surface area contributed by atoms with Gasteiger partial charge in [0.05, 0.1) is 15.7 Å². The maximum absolute atomic E-state index is 4.14. The molecule has 0 radical (unpaired) electrons. The summed E-state index contributed by atoms with van der Waals surface area (Å²) in [7, 11) is 0. The molecule has 0 aliphatic heterocycles. The van der Waals surface area contributed by atoms with Crippen molar-refractivity contribution in [3.63, 3.8) is 0 Å². The molecule has 0 saturated carbocycles. The van der Waals surface area contributed by atoms with E-state index >= 15 is 0 Å². The smallest absolute Gasteiger partial charge is 0.0705 e. The van der Waals surface area contributed by atoms with Crippen LogP contribution in [0.25, 0.3) is 0 Å².